The van der Waals surface area contributed by atoms with Gasteiger partial charge in [0.1, 0.15) is 30.2 Å². The summed E-state index contributed by atoms with van der Waals surface area (Å²) in [7, 11) is 0. The van der Waals surface area contributed by atoms with Crippen LogP contribution in [0.5, 0.6) is 11.9 Å². The first-order valence-corrected chi connectivity index (χ1v) is 15.4. The Hall–Kier alpha value is -3.37. The maximum Gasteiger partial charge on any atom is 0.320 e. The zero-order valence-corrected chi connectivity index (χ0v) is 24.8. The number of benzene rings is 2. The second-order valence-electron chi connectivity index (χ2n) is 11.5. The predicted octanol–water partition coefficient (Wildman–Crippen LogP) is 6.66. The van der Waals surface area contributed by atoms with E-state index in [0.29, 0.717) is 13.0 Å². The maximum absolute atomic E-state index is 16.7. The van der Waals surface area contributed by atoms with Crippen LogP contribution in [-0.2, 0) is 0 Å². The van der Waals surface area contributed by atoms with Crippen LogP contribution in [0.2, 0.25) is 5.02 Å². The van der Waals surface area contributed by atoms with Crippen molar-refractivity contribution >= 4 is 54.6 Å². The first-order chi connectivity index (χ1) is 20.7. The molecule has 2 aromatic heterocycles. The van der Waals surface area contributed by atoms with Crippen LogP contribution < -0.4 is 20.5 Å². The third-order valence-electron chi connectivity index (χ3n) is 8.95. The molecule has 4 aromatic rings. The Bertz CT molecular complexity index is 1820. The first-order valence-electron chi connectivity index (χ1n) is 14.2. The van der Waals surface area contributed by atoms with Gasteiger partial charge >= 0.3 is 6.01 Å². The van der Waals surface area contributed by atoms with Crippen LogP contribution in [0, 0.1) is 18.2 Å². The van der Waals surface area contributed by atoms with Crippen molar-refractivity contribution in [3.8, 4) is 23.0 Å². The Morgan fingerprint density at radius 3 is 2.93 bits per heavy atom. The van der Waals surface area contributed by atoms with Gasteiger partial charge in [0.25, 0.3) is 0 Å². The normalized spacial score (nSPS) is 25.4. The van der Waals surface area contributed by atoms with E-state index in [1.807, 2.05) is 6.92 Å². The molecule has 4 atom stereocenters. The number of nitrogens with one attached hydrogen (secondary N) is 1. The van der Waals surface area contributed by atoms with E-state index >= 15 is 4.39 Å². The number of nitrogens with two attached hydrogens (primary N) is 1. The highest BCUT2D eigenvalue weighted by Crippen LogP contribution is 2.49. The second-order valence-corrected chi connectivity index (χ2v) is 13.0. The van der Waals surface area contributed by atoms with E-state index in [1.54, 1.807) is 0 Å². The average Bonchev–Trinajstić information content (AvgIpc) is 3.72. The Morgan fingerprint density at radius 2 is 2.16 bits per heavy atom. The number of thiophene rings is 1. The van der Waals surface area contributed by atoms with Gasteiger partial charge in [-0.3, -0.25) is 4.90 Å². The summed E-state index contributed by atoms with van der Waals surface area (Å²) in [5.74, 6) is -1.25. The first kappa shape index (κ1) is 28.4. The van der Waals surface area contributed by atoms with Crippen LogP contribution in [0.25, 0.3) is 37.0 Å². The summed E-state index contributed by atoms with van der Waals surface area (Å²) >= 11 is 7.65. The molecular weight excluding hydrogens is 601 g/mol. The van der Waals surface area contributed by atoms with Gasteiger partial charge in [-0.1, -0.05) is 17.7 Å². The van der Waals surface area contributed by atoms with Crippen molar-refractivity contribution in [3.63, 3.8) is 0 Å². The summed E-state index contributed by atoms with van der Waals surface area (Å²) in [6.07, 6.45) is 1.65. The molecule has 0 bridgehead atoms. The van der Waals surface area contributed by atoms with Crippen LogP contribution in [0.4, 0.5) is 23.9 Å². The van der Waals surface area contributed by atoms with Gasteiger partial charge in [-0.15, -0.1) is 11.3 Å². The van der Waals surface area contributed by atoms with Gasteiger partial charge in [-0.2, -0.15) is 9.97 Å². The molecule has 0 aliphatic carbocycles. The fraction of sp³-hybridized carbons (Fsp3) is 0.433. The smallest absolute Gasteiger partial charge is 0.320 e. The zero-order valence-electron chi connectivity index (χ0n) is 23.2. The van der Waals surface area contributed by atoms with E-state index in [9.17, 15) is 8.78 Å². The Kier molecular flexibility index (Phi) is 7.04. The van der Waals surface area contributed by atoms with Crippen molar-refractivity contribution < 1.29 is 22.6 Å². The average molecular weight is 629 g/mol. The van der Waals surface area contributed by atoms with Crippen molar-refractivity contribution in [3.05, 3.63) is 46.3 Å². The van der Waals surface area contributed by atoms with Crippen LogP contribution in [0.1, 0.15) is 32.6 Å². The van der Waals surface area contributed by atoms with Gasteiger partial charge < -0.3 is 20.5 Å². The molecule has 8 nitrogen and oxygen atoms in total. The van der Waals surface area contributed by atoms with E-state index in [4.69, 9.17) is 33.4 Å². The number of aromatic nitrogens is 2. The van der Waals surface area contributed by atoms with Crippen molar-refractivity contribution in [2.45, 2.75) is 56.5 Å². The summed E-state index contributed by atoms with van der Waals surface area (Å²) in [5.41, 5.74) is 5.68. The number of nitrogen functional groups attached to an aromatic ring is 1. The number of nitrogens with zero attached hydrogens (tertiary/aromatic N) is 4. The molecule has 3 unspecified atom stereocenters. The molecule has 0 radical (unpaired) electrons. The van der Waals surface area contributed by atoms with Crippen LogP contribution in [0.3, 0.4) is 0 Å². The van der Waals surface area contributed by atoms with Crippen molar-refractivity contribution in [1.29, 1.82) is 0 Å². The lowest BCUT2D eigenvalue weighted by Gasteiger charge is -2.30. The minimum atomic E-state index is -0.933. The molecule has 224 valence electrons. The van der Waals surface area contributed by atoms with Crippen LogP contribution >= 0.6 is 22.9 Å². The molecule has 3 N–H and O–H groups in total. The molecule has 0 amide bonds. The lowest BCUT2D eigenvalue weighted by molar-refractivity contribution is 0.106. The van der Waals surface area contributed by atoms with Crippen molar-refractivity contribution in [1.82, 2.24) is 20.2 Å². The Balaban J connectivity index is 1.37. The Labute approximate surface area is 254 Å². The largest absolute Gasteiger partial charge is 0.472 e. The highest BCUT2D eigenvalue weighted by Gasteiger charge is 2.49. The summed E-state index contributed by atoms with van der Waals surface area (Å²) in [6.45, 7) is 11.7. The summed E-state index contributed by atoms with van der Waals surface area (Å²) in [6, 6.07) is 4.04. The number of hydrogen-bond acceptors (Lipinski definition) is 8. The quantitative estimate of drug-likeness (QED) is 0.231. The van der Waals surface area contributed by atoms with Gasteiger partial charge in [-0.25, -0.2) is 18.0 Å². The van der Waals surface area contributed by atoms with Gasteiger partial charge in [0.15, 0.2) is 5.82 Å². The highest BCUT2D eigenvalue weighted by atomic mass is 35.5. The van der Waals surface area contributed by atoms with Crippen molar-refractivity contribution in [2.75, 3.05) is 32.0 Å². The zero-order chi connectivity index (χ0) is 30.0. The van der Waals surface area contributed by atoms with E-state index < -0.39 is 23.3 Å². The van der Waals surface area contributed by atoms with Crippen molar-refractivity contribution in [2.24, 2.45) is 0 Å². The third kappa shape index (κ3) is 4.65. The number of fused-ring (bicyclic) bond motifs is 3. The molecule has 3 aliphatic rings. The number of rotatable bonds is 6. The van der Waals surface area contributed by atoms with Crippen LogP contribution in [-0.4, -0.2) is 65.0 Å². The highest BCUT2D eigenvalue weighted by molar-refractivity contribution is 7.23. The van der Waals surface area contributed by atoms with Crippen LogP contribution in [0.15, 0.2) is 18.2 Å². The molecule has 3 saturated heterocycles. The molecule has 5 heterocycles. The van der Waals surface area contributed by atoms with Gasteiger partial charge in [0, 0.05) is 30.0 Å². The molecule has 2 aromatic carbocycles. The van der Waals surface area contributed by atoms with E-state index in [2.05, 4.69) is 25.0 Å². The predicted molar refractivity (Wildman–Crippen MR) is 161 cm³/mol. The molecule has 3 fully saturated rings. The van der Waals surface area contributed by atoms with Gasteiger partial charge in [0.05, 0.1) is 32.2 Å². The summed E-state index contributed by atoms with van der Waals surface area (Å²) in [4.78, 5) is 14.6. The summed E-state index contributed by atoms with van der Waals surface area (Å²) in [5, 5.41) is 3.90. The fourth-order valence-electron chi connectivity index (χ4n) is 6.83. The molecule has 3 aliphatic heterocycles. The van der Waals surface area contributed by atoms with E-state index in [-0.39, 0.29) is 78.5 Å². The second kappa shape index (κ2) is 10.7. The molecule has 43 heavy (non-hydrogen) atoms. The third-order valence-corrected chi connectivity index (χ3v) is 10.3. The molecule has 13 heteroatoms. The minimum Gasteiger partial charge on any atom is -0.472 e. The number of halogens is 4. The topological polar surface area (TPSA) is 89.9 Å². The number of hydrogen-bond donors (Lipinski definition) is 2. The summed E-state index contributed by atoms with van der Waals surface area (Å²) < 4.78 is 58.4. The minimum absolute atomic E-state index is 0.0127. The molecule has 0 saturated carbocycles. The lowest BCUT2D eigenvalue weighted by atomic mass is 9.95. The number of alkyl halides is 1. The van der Waals surface area contributed by atoms with E-state index in [1.165, 1.54) is 18.2 Å². The molecule has 0 spiro atoms. The number of anilines is 1. The molecule has 7 rings (SSSR count). The monoisotopic (exact) mass is 628 g/mol. The number of ether oxygens (including phenoxy) is 2. The fourth-order valence-corrected chi connectivity index (χ4v) is 8.06. The lowest BCUT2D eigenvalue weighted by Crippen LogP contribution is -2.43. The SMILES string of the molecule is [C-]#[N+]c1c(N)sc2c(F)ccc(-c3c(Cl)cc4c(O[C@H]5CCNC5C)nc(OCC56CCCN5CC(F)C6)nc4c3F)c12. The molecular formula is C30H28ClF3N6O2S. The van der Waals surface area contributed by atoms with Gasteiger partial charge in [-0.05, 0) is 57.0 Å². The van der Waals surface area contributed by atoms with Gasteiger partial charge in [0.2, 0.25) is 11.6 Å². The maximum atomic E-state index is 16.7. The Morgan fingerprint density at radius 1 is 1.33 bits per heavy atom. The van der Waals surface area contributed by atoms with E-state index in [0.717, 1.165) is 43.7 Å². The standard InChI is InChI=1S/C30H28ClF3N6O2S/c1-14-20(6-8-37-14)42-28-17-10-18(31)21(16-4-5-19(33)26-22(16)25(36-2)27(35)43-26)23(34)24(17)38-29(39-28)41-13-30-7-3-9-40(30)12-15(32)11-30/h4-5,10,14-15,20,37H,3,6-9,11-13,35H2,1H3/t14?,15?,20-,30?/m0/s1.